The van der Waals surface area contributed by atoms with Crippen molar-refractivity contribution < 1.29 is 4.74 Å². The van der Waals surface area contributed by atoms with Crippen molar-refractivity contribution in [3.8, 4) is 5.75 Å². The zero-order chi connectivity index (χ0) is 15.0. The molecule has 0 spiro atoms. The van der Waals surface area contributed by atoms with Gasteiger partial charge in [0.25, 0.3) is 0 Å². The highest BCUT2D eigenvalue weighted by molar-refractivity contribution is 6.31. The van der Waals surface area contributed by atoms with Crippen LogP contribution in [0.1, 0.15) is 30.0 Å². The van der Waals surface area contributed by atoms with Crippen molar-refractivity contribution in [2.75, 3.05) is 33.8 Å². The maximum absolute atomic E-state index is 6.45. The van der Waals surface area contributed by atoms with E-state index in [4.69, 9.17) is 22.1 Å². The minimum absolute atomic E-state index is 0.219. The predicted octanol–water partition coefficient (Wildman–Crippen LogP) is 2.26. The second-order valence-electron chi connectivity index (χ2n) is 6.10. The third kappa shape index (κ3) is 2.66. The van der Waals surface area contributed by atoms with Crippen LogP contribution < -0.4 is 10.5 Å². The highest BCUT2D eigenvalue weighted by Gasteiger charge is 2.38. The molecule has 4 nitrogen and oxygen atoms in total. The molecule has 1 saturated heterocycles. The maximum atomic E-state index is 6.45. The van der Waals surface area contributed by atoms with Crippen molar-refractivity contribution in [3.63, 3.8) is 0 Å². The zero-order valence-electron chi connectivity index (χ0n) is 12.8. The lowest BCUT2D eigenvalue weighted by Crippen LogP contribution is -2.44. The first-order valence-corrected chi connectivity index (χ1v) is 8.03. The van der Waals surface area contributed by atoms with Crippen LogP contribution in [-0.4, -0.2) is 49.6 Å². The van der Waals surface area contributed by atoms with Crippen molar-refractivity contribution in [3.05, 3.63) is 28.3 Å². The van der Waals surface area contributed by atoms with Crippen LogP contribution in [0.25, 0.3) is 0 Å². The van der Waals surface area contributed by atoms with E-state index >= 15 is 0 Å². The summed E-state index contributed by atoms with van der Waals surface area (Å²) in [6.45, 7) is 3.81. The Kier molecular flexibility index (Phi) is 4.41. The minimum Gasteiger partial charge on any atom is -0.496 e. The van der Waals surface area contributed by atoms with Gasteiger partial charge in [-0.2, -0.15) is 0 Å². The predicted molar refractivity (Wildman–Crippen MR) is 85.9 cm³/mol. The van der Waals surface area contributed by atoms with Crippen molar-refractivity contribution in [2.45, 2.75) is 31.5 Å². The average molecular weight is 310 g/mol. The largest absolute Gasteiger partial charge is 0.496 e. The topological polar surface area (TPSA) is 41.7 Å². The van der Waals surface area contributed by atoms with Gasteiger partial charge in [-0.25, -0.2) is 0 Å². The molecule has 116 valence electrons. The van der Waals surface area contributed by atoms with E-state index < -0.39 is 0 Å². The first-order chi connectivity index (χ1) is 10.2. The van der Waals surface area contributed by atoms with Gasteiger partial charge in [-0.1, -0.05) is 11.6 Å². The number of nitrogens with two attached hydrogens (primary N) is 1. The van der Waals surface area contributed by atoms with Crippen LogP contribution in [0.4, 0.5) is 0 Å². The van der Waals surface area contributed by atoms with Crippen molar-refractivity contribution in [1.82, 2.24) is 9.80 Å². The van der Waals surface area contributed by atoms with Crippen LogP contribution in [0, 0.1) is 0 Å². The standard InChI is InChI=1S/C16H24ClN3O/c1-19-7-5-11(6-8-19)20-10-12-15(21-2)4-3-13(17)16(12)14(20)9-18/h3-4,11,14H,5-10,18H2,1-2H3. The molecule has 2 aliphatic rings. The van der Waals surface area contributed by atoms with Crippen LogP contribution >= 0.6 is 11.6 Å². The Morgan fingerprint density at radius 3 is 2.67 bits per heavy atom. The van der Waals surface area contributed by atoms with E-state index in [1.807, 2.05) is 12.1 Å². The molecule has 0 radical (unpaired) electrons. The normalized spacial score (nSPS) is 24.3. The summed E-state index contributed by atoms with van der Waals surface area (Å²) < 4.78 is 5.52. The van der Waals surface area contributed by atoms with Crippen LogP contribution in [0.2, 0.25) is 5.02 Å². The van der Waals surface area contributed by atoms with E-state index in [-0.39, 0.29) is 6.04 Å². The highest BCUT2D eigenvalue weighted by Crippen LogP contribution is 2.44. The number of benzene rings is 1. The number of fused-ring (bicyclic) bond motifs is 1. The molecule has 1 unspecified atom stereocenters. The zero-order valence-corrected chi connectivity index (χ0v) is 13.6. The first-order valence-electron chi connectivity index (χ1n) is 7.65. The van der Waals surface area contributed by atoms with Gasteiger partial charge < -0.3 is 15.4 Å². The lowest BCUT2D eigenvalue weighted by Gasteiger charge is -2.38. The van der Waals surface area contributed by atoms with Gasteiger partial charge in [0.05, 0.1) is 7.11 Å². The van der Waals surface area contributed by atoms with Gasteiger partial charge in [0.2, 0.25) is 0 Å². The summed E-state index contributed by atoms with van der Waals surface area (Å²) in [6.07, 6.45) is 2.39. The average Bonchev–Trinajstić information content (AvgIpc) is 2.89. The minimum atomic E-state index is 0.219. The second-order valence-corrected chi connectivity index (χ2v) is 6.51. The Morgan fingerprint density at radius 2 is 2.05 bits per heavy atom. The van der Waals surface area contributed by atoms with E-state index in [9.17, 15) is 0 Å². The number of hydrogen-bond acceptors (Lipinski definition) is 4. The molecule has 5 heteroatoms. The number of piperidine rings is 1. The van der Waals surface area contributed by atoms with E-state index in [2.05, 4.69) is 16.8 Å². The Labute approximate surface area is 131 Å². The third-order valence-corrected chi connectivity index (χ3v) is 5.26. The van der Waals surface area contributed by atoms with Gasteiger partial charge in [-0.3, -0.25) is 4.90 Å². The molecule has 1 atom stereocenters. The molecule has 3 rings (SSSR count). The van der Waals surface area contributed by atoms with Gasteiger partial charge in [-0.15, -0.1) is 0 Å². The van der Waals surface area contributed by atoms with E-state index in [1.54, 1.807) is 7.11 Å². The number of ether oxygens (including phenoxy) is 1. The molecule has 2 N–H and O–H groups in total. The Bertz CT molecular complexity index is 514. The fraction of sp³-hybridized carbons (Fsp3) is 0.625. The van der Waals surface area contributed by atoms with Crippen LogP contribution in [0.5, 0.6) is 5.75 Å². The molecule has 0 bridgehead atoms. The molecule has 0 amide bonds. The molecule has 2 heterocycles. The summed E-state index contributed by atoms with van der Waals surface area (Å²) in [5.74, 6) is 0.934. The van der Waals surface area contributed by atoms with Gasteiger partial charge in [0.15, 0.2) is 0 Å². The Balaban J connectivity index is 1.90. The molecule has 1 aromatic carbocycles. The molecule has 1 fully saturated rings. The number of likely N-dealkylation sites (tertiary alicyclic amines) is 1. The number of nitrogens with zero attached hydrogens (tertiary/aromatic N) is 2. The van der Waals surface area contributed by atoms with Crippen LogP contribution in [-0.2, 0) is 6.54 Å². The summed E-state index contributed by atoms with van der Waals surface area (Å²) in [5.41, 5.74) is 8.48. The molecule has 2 aliphatic heterocycles. The number of methoxy groups -OCH3 is 1. The molecule has 21 heavy (non-hydrogen) atoms. The fourth-order valence-electron chi connectivity index (χ4n) is 3.75. The van der Waals surface area contributed by atoms with E-state index in [0.717, 1.165) is 30.4 Å². The van der Waals surface area contributed by atoms with E-state index in [0.29, 0.717) is 12.6 Å². The van der Waals surface area contributed by atoms with Crippen molar-refractivity contribution in [2.24, 2.45) is 5.73 Å². The van der Waals surface area contributed by atoms with Gasteiger partial charge >= 0.3 is 0 Å². The summed E-state index contributed by atoms with van der Waals surface area (Å²) >= 11 is 6.45. The van der Waals surface area contributed by atoms with Crippen LogP contribution in [0.15, 0.2) is 12.1 Å². The monoisotopic (exact) mass is 309 g/mol. The molecule has 0 aliphatic carbocycles. The Morgan fingerprint density at radius 1 is 1.33 bits per heavy atom. The van der Waals surface area contributed by atoms with Gasteiger partial charge in [-0.05, 0) is 50.7 Å². The molecular formula is C16H24ClN3O. The first kappa shape index (κ1) is 15.1. The molecule has 1 aromatic rings. The molecular weight excluding hydrogens is 286 g/mol. The van der Waals surface area contributed by atoms with Crippen LogP contribution in [0.3, 0.4) is 0 Å². The number of hydrogen-bond donors (Lipinski definition) is 1. The van der Waals surface area contributed by atoms with Crippen molar-refractivity contribution >= 4 is 11.6 Å². The van der Waals surface area contributed by atoms with Gasteiger partial charge in [0, 0.05) is 35.8 Å². The molecule has 0 aromatic heterocycles. The SMILES string of the molecule is COc1ccc(Cl)c2c1CN(C1CCN(C)CC1)C2CN. The van der Waals surface area contributed by atoms with Crippen molar-refractivity contribution in [1.29, 1.82) is 0 Å². The molecule has 0 saturated carbocycles. The summed E-state index contributed by atoms with van der Waals surface area (Å²) in [4.78, 5) is 4.93. The third-order valence-electron chi connectivity index (χ3n) is 4.94. The van der Waals surface area contributed by atoms with E-state index in [1.165, 1.54) is 24.0 Å². The quantitative estimate of drug-likeness (QED) is 0.930. The lowest BCUT2D eigenvalue weighted by atomic mass is 10.0. The maximum Gasteiger partial charge on any atom is 0.123 e. The highest BCUT2D eigenvalue weighted by atomic mass is 35.5. The summed E-state index contributed by atoms with van der Waals surface area (Å²) in [7, 11) is 3.91. The Hall–Kier alpha value is -0.810. The fourth-order valence-corrected chi connectivity index (χ4v) is 4.06. The smallest absolute Gasteiger partial charge is 0.123 e. The van der Waals surface area contributed by atoms with Gasteiger partial charge in [0.1, 0.15) is 5.75 Å². The summed E-state index contributed by atoms with van der Waals surface area (Å²) in [6, 6.07) is 4.70. The number of rotatable bonds is 3. The second kappa shape index (κ2) is 6.13. The summed E-state index contributed by atoms with van der Waals surface area (Å²) in [5, 5.41) is 0.816. The lowest BCUT2D eigenvalue weighted by molar-refractivity contribution is 0.0905. The number of halogens is 1.